The summed E-state index contributed by atoms with van der Waals surface area (Å²) < 4.78 is 26.3. The van der Waals surface area contributed by atoms with Crippen LogP contribution in [0.25, 0.3) is 0 Å². The summed E-state index contributed by atoms with van der Waals surface area (Å²) in [6.07, 6.45) is 13.7. The molecular weight excluding hydrogens is 422 g/mol. The fourth-order valence-corrected chi connectivity index (χ4v) is 7.05. The number of rotatable bonds is 6. The molecule has 2 aliphatic rings. The van der Waals surface area contributed by atoms with Gasteiger partial charge in [-0.15, -0.1) is 0 Å². The molecule has 6 nitrogen and oxygen atoms in total. The van der Waals surface area contributed by atoms with Crippen LogP contribution < -0.4 is 10.6 Å². The molecule has 2 fully saturated rings. The number of anilines is 1. The number of carbonyl (C=O) groups excluding carboxylic acids is 1. The van der Waals surface area contributed by atoms with Crippen molar-refractivity contribution in [3.63, 3.8) is 0 Å². The summed E-state index contributed by atoms with van der Waals surface area (Å²) in [5.74, 6) is 1.51. The Hall–Kier alpha value is -2.41. The van der Waals surface area contributed by atoms with Crippen LogP contribution in [0, 0.1) is 11.8 Å². The molecule has 172 valence electrons. The van der Waals surface area contributed by atoms with E-state index in [1.165, 1.54) is 32.1 Å². The Morgan fingerprint density at radius 2 is 1.59 bits per heavy atom. The summed E-state index contributed by atoms with van der Waals surface area (Å²) in [5.41, 5.74) is 1.47. The number of sulfone groups is 1. The van der Waals surface area contributed by atoms with E-state index < -0.39 is 9.84 Å². The molecule has 1 aromatic carbocycles. The predicted molar refractivity (Wildman–Crippen MR) is 126 cm³/mol. The summed E-state index contributed by atoms with van der Waals surface area (Å²) in [6, 6.07) is 9.89. The zero-order valence-electron chi connectivity index (χ0n) is 18.5. The van der Waals surface area contributed by atoms with Crippen molar-refractivity contribution in [3.05, 3.63) is 54.4 Å². The lowest BCUT2D eigenvalue weighted by Gasteiger charge is -2.35. The number of nitrogens with one attached hydrogen (secondary N) is 2. The van der Waals surface area contributed by atoms with Crippen molar-refractivity contribution < 1.29 is 13.2 Å². The van der Waals surface area contributed by atoms with E-state index in [4.69, 9.17) is 0 Å². The highest BCUT2D eigenvalue weighted by Crippen LogP contribution is 2.40. The number of hydrogen-bond acceptors (Lipinski definition) is 4. The maximum atomic E-state index is 13.2. The molecule has 0 spiro atoms. The van der Waals surface area contributed by atoms with Crippen LogP contribution in [0.15, 0.2) is 53.7 Å². The van der Waals surface area contributed by atoms with Gasteiger partial charge in [0.1, 0.15) is 0 Å². The fraction of sp³-hybridized carbons (Fsp3) is 0.520. The minimum absolute atomic E-state index is 0.288. The van der Waals surface area contributed by atoms with Crippen molar-refractivity contribution in [2.75, 3.05) is 5.32 Å². The van der Waals surface area contributed by atoms with Crippen molar-refractivity contribution in [1.82, 2.24) is 10.3 Å². The van der Waals surface area contributed by atoms with E-state index >= 15 is 0 Å². The Kier molecular flexibility index (Phi) is 7.45. The molecule has 0 aliphatic heterocycles. The van der Waals surface area contributed by atoms with Crippen molar-refractivity contribution in [3.8, 4) is 0 Å². The normalized spacial score (nSPS) is 22.2. The first-order chi connectivity index (χ1) is 15.5. The van der Waals surface area contributed by atoms with Gasteiger partial charge < -0.3 is 10.6 Å². The maximum Gasteiger partial charge on any atom is 0.319 e. The standard InChI is InChI=1S/C25H33N3O3S/c29-25(27-18-19-5-4-16-26-17-19)28-22-10-14-24(15-11-22)32(30,31)23-12-8-21(9-13-23)20-6-2-1-3-7-20/h4-5,10-11,14-17,20-21,23H,1-3,6-9,12-13,18H2,(H2,27,28,29). The van der Waals surface area contributed by atoms with Crippen LogP contribution in [0.5, 0.6) is 0 Å². The second kappa shape index (κ2) is 10.5. The number of aromatic nitrogens is 1. The lowest BCUT2D eigenvalue weighted by molar-refractivity contribution is 0.197. The van der Waals surface area contributed by atoms with Crippen molar-refractivity contribution >= 4 is 21.6 Å². The topological polar surface area (TPSA) is 88.2 Å². The third-order valence-corrected chi connectivity index (χ3v) is 9.37. The Labute approximate surface area is 191 Å². The number of amides is 2. The summed E-state index contributed by atoms with van der Waals surface area (Å²) >= 11 is 0. The average molecular weight is 456 g/mol. The first-order valence-corrected chi connectivity index (χ1v) is 13.3. The van der Waals surface area contributed by atoms with E-state index in [1.807, 2.05) is 12.1 Å². The molecule has 2 aromatic rings. The first kappa shape index (κ1) is 22.8. The van der Waals surface area contributed by atoms with E-state index in [-0.39, 0.29) is 11.3 Å². The molecular formula is C25H33N3O3S. The van der Waals surface area contributed by atoms with Gasteiger partial charge in [-0.05, 0) is 73.4 Å². The van der Waals surface area contributed by atoms with Gasteiger partial charge in [0.05, 0.1) is 10.1 Å². The highest BCUT2D eigenvalue weighted by molar-refractivity contribution is 7.92. The van der Waals surface area contributed by atoms with Crippen LogP contribution in [-0.2, 0) is 16.4 Å². The smallest absolute Gasteiger partial charge is 0.319 e. The summed E-state index contributed by atoms with van der Waals surface area (Å²) in [4.78, 5) is 16.5. The van der Waals surface area contributed by atoms with Gasteiger partial charge in [-0.2, -0.15) is 0 Å². The molecule has 0 unspecified atom stereocenters. The van der Waals surface area contributed by atoms with E-state index in [1.54, 1.807) is 36.7 Å². The summed E-state index contributed by atoms with van der Waals surface area (Å²) in [5, 5.41) is 5.23. The highest BCUT2D eigenvalue weighted by Gasteiger charge is 2.34. The number of urea groups is 1. The molecule has 2 saturated carbocycles. The molecule has 32 heavy (non-hydrogen) atoms. The third kappa shape index (κ3) is 5.68. The van der Waals surface area contributed by atoms with Crippen LogP contribution in [0.2, 0.25) is 0 Å². The van der Waals surface area contributed by atoms with E-state index in [0.29, 0.717) is 23.0 Å². The van der Waals surface area contributed by atoms with Crippen LogP contribution >= 0.6 is 0 Å². The van der Waals surface area contributed by atoms with Gasteiger partial charge in [0, 0.05) is 24.6 Å². The number of hydrogen-bond donors (Lipinski definition) is 2. The lowest BCUT2D eigenvalue weighted by atomic mass is 9.73. The molecule has 0 atom stereocenters. The zero-order chi connectivity index (χ0) is 22.4. The fourth-order valence-electron chi connectivity index (χ4n) is 5.26. The Bertz CT molecular complexity index is 979. The summed E-state index contributed by atoms with van der Waals surface area (Å²) in [6.45, 7) is 0.371. The minimum Gasteiger partial charge on any atom is -0.334 e. The quantitative estimate of drug-likeness (QED) is 0.617. The van der Waals surface area contributed by atoms with Crippen LogP contribution in [0.4, 0.5) is 10.5 Å². The van der Waals surface area contributed by atoms with Crippen molar-refractivity contribution in [2.45, 2.75) is 74.5 Å². The molecule has 7 heteroatoms. The second-order valence-electron chi connectivity index (χ2n) is 9.17. The first-order valence-electron chi connectivity index (χ1n) is 11.8. The number of benzene rings is 1. The molecule has 2 amide bonds. The monoisotopic (exact) mass is 455 g/mol. The number of carbonyl (C=O) groups is 1. The third-order valence-electron chi connectivity index (χ3n) is 7.09. The Morgan fingerprint density at radius 1 is 0.906 bits per heavy atom. The van der Waals surface area contributed by atoms with Gasteiger partial charge in [-0.3, -0.25) is 4.98 Å². The van der Waals surface area contributed by atoms with Gasteiger partial charge in [-0.1, -0.05) is 38.2 Å². The predicted octanol–water partition coefficient (Wildman–Crippen LogP) is 5.32. The SMILES string of the molecule is O=C(NCc1cccnc1)Nc1ccc(S(=O)(=O)C2CCC(C3CCCCC3)CC2)cc1. The molecule has 1 aromatic heterocycles. The average Bonchev–Trinajstić information content (AvgIpc) is 2.84. The zero-order valence-corrected chi connectivity index (χ0v) is 19.3. The van der Waals surface area contributed by atoms with Gasteiger partial charge >= 0.3 is 6.03 Å². The maximum absolute atomic E-state index is 13.2. The van der Waals surface area contributed by atoms with Gasteiger partial charge in [-0.25, -0.2) is 13.2 Å². The van der Waals surface area contributed by atoms with Gasteiger partial charge in [0.15, 0.2) is 9.84 Å². The highest BCUT2D eigenvalue weighted by atomic mass is 32.2. The molecule has 2 aliphatic carbocycles. The van der Waals surface area contributed by atoms with Gasteiger partial charge in [0.25, 0.3) is 0 Å². The van der Waals surface area contributed by atoms with Crippen LogP contribution in [0.1, 0.15) is 63.4 Å². The van der Waals surface area contributed by atoms with Crippen LogP contribution in [-0.4, -0.2) is 24.7 Å². The molecule has 0 radical (unpaired) electrons. The molecule has 0 saturated heterocycles. The lowest BCUT2D eigenvalue weighted by Crippen LogP contribution is -2.30. The van der Waals surface area contributed by atoms with Crippen molar-refractivity contribution in [2.24, 2.45) is 11.8 Å². The molecule has 0 bridgehead atoms. The van der Waals surface area contributed by atoms with Gasteiger partial charge in [0.2, 0.25) is 0 Å². The molecule has 1 heterocycles. The van der Waals surface area contributed by atoms with E-state index in [2.05, 4.69) is 15.6 Å². The molecule has 4 rings (SSSR count). The van der Waals surface area contributed by atoms with Crippen molar-refractivity contribution in [1.29, 1.82) is 0 Å². The molecule has 2 N–H and O–H groups in total. The largest absolute Gasteiger partial charge is 0.334 e. The summed E-state index contributed by atoms with van der Waals surface area (Å²) in [7, 11) is -3.34. The Balaban J connectivity index is 1.29. The number of nitrogens with zero attached hydrogens (tertiary/aromatic N) is 1. The van der Waals surface area contributed by atoms with Crippen LogP contribution in [0.3, 0.4) is 0 Å². The minimum atomic E-state index is -3.34. The van der Waals surface area contributed by atoms with E-state index in [0.717, 1.165) is 37.2 Å². The Morgan fingerprint density at radius 3 is 2.25 bits per heavy atom. The number of pyridine rings is 1. The second-order valence-corrected chi connectivity index (χ2v) is 11.4. The van der Waals surface area contributed by atoms with E-state index in [9.17, 15) is 13.2 Å².